The van der Waals surface area contributed by atoms with Gasteiger partial charge in [-0.25, -0.2) is 0 Å². The average Bonchev–Trinajstić information content (AvgIpc) is 2.58. The van der Waals surface area contributed by atoms with Crippen molar-refractivity contribution in [1.82, 2.24) is 5.32 Å². The first kappa shape index (κ1) is 19.5. The van der Waals surface area contributed by atoms with Crippen LogP contribution in [0.15, 0.2) is 36.9 Å². The minimum Gasteiger partial charge on any atom is -0.489 e. The van der Waals surface area contributed by atoms with Crippen molar-refractivity contribution in [1.29, 1.82) is 0 Å². The predicted octanol–water partition coefficient (Wildman–Crippen LogP) is 2.04. The standard InChI is InChI=1S/C17H24N2O3.ClH/c1-2-9-22-15-6-4-3-5-14(15)12-19-17(20)16(18)13-7-10-21-11-8-13;/h2-6,13,16H,1,7-12,18H2,(H,19,20);1H. The molecule has 1 atom stereocenters. The van der Waals surface area contributed by atoms with Crippen LogP contribution in [0.4, 0.5) is 0 Å². The quantitative estimate of drug-likeness (QED) is 0.745. The highest BCUT2D eigenvalue weighted by Gasteiger charge is 2.26. The van der Waals surface area contributed by atoms with Gasteiger partial charge in [-0.3, -0.25) is 4.79 Å². The van der Waals surface area contributed by atoms with Crippen molar-refractivity contribution >= 4 is 18.3 Å². The van der Waals surface area contributed by atoms with E-state index in [0.717, 1.165) is 24.2 Å². The fourth-order valence-corrected chi connectivity index (χ4v) is 2.53. The minimum absolute atomic E-state index is 0. The molecule has 1 heterocycles. The van der Waals surface area contributed by atoms with E-state index in [9.17, 15) is 4.79 Å². The van der Waals surface area contributed by atoms with Gasteiger partial charge >= 0.3 is 0 Å². The van der Waals surface area contributed by atoms with E-state index in [1.54, 1.807) is 6.08 Å². The molecule has 1 unspecified atom stereocenters. The van der Waals surface area contributed by atoms with Crippen LogP contribution in [0, 0.1) is 5.92 Å². The van der Waals surface area contributed by atoms with E-state index in [-0.39, 0.29) is 24.2 Å². The molecule has 2 rings (SSSR count). The van der Waals surface area contributed by atoms with Crippen molar-refractivity contribution in [2.45, 2.75) is 25.4 Å². The van der Waals surface area contributed by atoms with E-state index in [1.165, 1.54) is 0 Å². The first-order valence-electron chi connectivity index (χ1n) is 7.65. The van der Waals surface area contributed by atoms with Gasteiger partial charge in [0.25, 0.3) is 0 Å². The van der Waals surface area contributed by atoms with Crippen LogP contribution in [0.3, 0.4) is 0 Å². The zero-order valence-corrected chi connectivity index (χ0v) is 14.0. The number of carbonyl (C=O) groups excluding carboxylic acids is 1. The van der Waals surface area contributed by atoms with Gasteiger partial charge in [-0.05, 0) is 24.8 Å². The van der Waals surface area contributed by atoms with Crippen LogP contribution < -0.4 is 15.8 Å². The number of rotatable bonds is 7. The lowest BCUT2D eigenvalue weighted by Gasteiger charge is -2.26. The summed E-state index contributed by atoms with van der Waals surface area (Å²) in [6.07, 6.45) is 3.37. The van der Waals surface area contributed by atoms with Crippen LogP contribution in [0.2, 0.25) is 0 Å². The number of halogens is 1. The molecule has 128 valence electrons. The van der Waals surface area contributed by atoms with Gasteiger partial charge in [-0.2, -0.15) is 0 Å². The second kappa shape index (κ2) is 10.3. The van der Waals surface area contributed by atoms with E-state index >= 15 is 0 Å². The summed E-state index contributed by atoms with van der Waals surface area (Å²) < 4.78 is 10.9. The Morgan fingerprint density at radius 3 is 2.83 bits per heavy atom. The van der Waals surface area contributed by atoms with Crippen LogP contribution in [0.25, 0.3) is 0 Å². The van der Waals surface area contributed by atoms with Gasteiger partial charge in [-0.1, -0.05) is 30.9 Å². The highest BCUT2D eigenvalue weighted by Crippen LogP contribution is 2.19. The van der Waals surface area contributed by atoms with Crippen molar-refractivity contribution in [2.24, 2.45) is 11.7 Å². The van der Waals surface area contributed by atoms with E-state index in [2.05, 4.69) is 11.9 Å². The summed E-state index contributed by atoms with van der Waals surface area (Å²) in [7, 11) is 0. The molecule has 1 aliphatic heterocycles. The Morgan fingerprint density at radius 1 is 1.43 bits per heavy atom. The second-order valence-corrected chi connectivity index (χ2v) is 5.40. The number of carbonyl (C=O) groups is 1. The summed E-state index contributed by atoms with van der Waals surface area (Å²) in [5.41, 5.74) is 6.99. The Morgan fingerprint density at radius 2 is 2.13 bits per heavy atom. The molecule has 0 spiro atoms. The van der Waals surface area contributed by atoms with Gasteiger partial charge in [0.1, 0.15) is 12.4 Å². The number of para-hydroxylation sites is 1. The molecule has 0 saturated carbocycles. The maximum absolute atomic E-state index is 12.2. The molecule has 0 bridgehead atoms. The highest BCUT2D eigenvalue weighted by atomic mass is 35.5. The minimum atomic E-state index is -0.481. The molecule has 0 radical (unpaired) electrons. The Hall–Kier alpha value is -1.56. The zero-order chi connectivity index (χ0) is 15.8. The fourth-order valence-electron chi connectivity index (χ4n) is 2.53. The van der Waals surface area contributed by atoms with Crippen LogP contribution in [0.5, 0.6) is 5.75 Å². The van der Waals surface area contributed by atoms with Gasteiger partial charge in [-0.15, -0.1) is 12.4 Å². The molecule has 1 amide bonds. The maximum atomic E-state index is 12.2. The Balaban J connectivity index is 0.00000264. The first-order chi connectivity index (χ1) is 10.7. The lowest BCUT2D eigenvalue weighted by molar-refractivity contribution is -0.124. The molecule has 1 fully saturated rings. The second-order valence-electron chi connectivity index (χ2n) is 5.40. The third-order valence-corrected chi connectivity index (χ3v) is 3.86. The summed E-state index contributed by atoms with van der Waals surface area (Å²) >= 11 is 0. The van der Waals surface area contributed by atoms with Crippen LogP contribution in [-0.4, -0.2) is 31.8 Å². The average molecular weight is 341 g/mol. The van der Waals surface area contributed by atoms with Crippen molar-refractivity contribution in [3.05, 3.63) is 42.5 Å². The van der Waals surface area contributed by atoms with E-state index in [1.807, 2.05) is 24.3 Å². The summed E-state index contributed by atoms with van der Waals surface area (Å²) in [4.78, 5) is 12.2. The SMILES string of the molecule is C=CCOc1ccccc1CNC(=O)C(N)C1CCOCC1.Cl. The Labute approximate surface area is 143 Å². The summed E-state index contributed by atoms with van der Waals surface area (Å²) in [6, 6.07) is 7.14. The molecule has 5 nitrogen and oxygen atoms in total. The van der Waals surface area contributed by atoms with E-state index in [4.69, 9.17) is 15.2 Å². The number of nitrogens with one attached hydrogen (secondary N) is 1. The molecule has 1 aromatic carbocycles. The third kappa shape index (κ3) is 5.86. The molecule has 1 aliphatic rings. The fraction of sp³-hybridized carbons (Fsp3) is 0.471. The van der Waals surface area contributed by atoms with Crippen molar-refractivity contribution < 1.29 is 14.3 Å². The number of ether oxygens (including phenoxy) is 2. The summed E-state index contributed by atoms with van der Waals surface area (Å²) in [5, 5.41) is 2.90. The van der Waals surface area contributed by atoms with Crippen molar-refractivity contribution in [3.8, 4) is 5.75 Å². The smallest absolute Gasteiger partial charge is 0.237 e. The number of hydrogen-bond acceptors (Lipinski definition) is 4. The molecule has 1 saturated heterocycles. The summed E-state index contributed by atoms with van der Waals surface area (Å²) in [5.74, 6) is 0.828. The predicted molar refractivity (Wildman–Crippen MR) is 92.7 cm³/mol. The number of hydrogen-bond donors (Lipinski definition) is 2. The van der Waals surface area contributed by atoms with Crippen LogP contribution >= 0.6 is 12.4 Å². The van der Waals surface area contributed by atoms with Crippen LogP contribution in [0.1, 0.15) is 18.4 Å². The van der Waals surface area contributed by atoms with Gasteiger partial charge in [0.2, 0.25) is 5.91 Å². The normalized spacial score (nSPS) is 16.0. The summed E-state index contributed by atoms with van der Waals surface area (Å²) in [6.45, 7) is 5.84. The first-order valence-corrected chi connectivity index (χ1v) is 7.65. The van der Waals surface area contributed by atoms with Crippen molar-refractivity contribution in [2.75, 3.05) is 19.8 Å². The molecular formula is C17H25ClN2O3. The lowest BCUT2D eigenvalue weighted by Crippen LogP contribution is -2.46. The zero-order valence-electron chi connectivity index (χ0n) is 13.2. The van der Waals surface area contributed by atoms with Crippen LogP contribution in [-0.2, 0) is 16.1 Å². The number of nitrogens with two attached hydrogens (primary N) is 1. The van der Waals surface area contributed by atoms with Gasteiger partial charge in [0.15, 0.2) is 0 Å². The molecule has 0 aromatic heterocycles. The Kier molecular flexibility index (Phi) is 8.69. The topological polar surface area (TPSA) is 73.6 Å². The van der Waals surface area contributed by atoms with Gasteiger partial charge in [0, 0.05) is 25.3 Å². The molecule has 6 heteroatoms. The monoisotopic (exact) mass is 340 g/mol. The molecular weight excluding hydrogens is 316 g/mol. The Bertz CT molecular complexity index is 504. The maximum Gasteiger partial charge on any atom is 0.237 e. The van der Waals surface area contributed by atoms with E-state index < -0.39 is 6.04 Å². The highest BCUT2D eigenvalue weighted by molar-refractivity contribution is 5.85. The third-order valence-electron chi connectivity index (χ3n) is 3.86. The molecule has 1 aromatic rings. The molecule has 23 heavy (non-hydrogen) atoms. The van der Waals surface area contributed by atoms with E-state index in [0.29, 0.717) is 26.4 Å². The lowest BCUT2D eigenvalue weighted by atomic mass is 9.92. The number of benzene rings is 1. The number of amides is 1. The largest absolute Gasteiger partial charge is 0.489 e. The van der Waals surface area contributed by atoms with Crippen molar-refractivity contribution in [3.63, 3.8) is 0 Å². The molecule has 0 aliphatic carbocycles. The van der Waals surface area contributed by atoms with Gasteiger partial charge < -0.3 is 20.5 Å². The van der Waals surface area contributed by atoms with Gasteiger partial charge in [0.05, 0.1) is 6.04 Å². The molecule has 3 N–H and O–H groups in total.